The van der Waals surface area contributed by atoms with Crippen LogP contribution < -0.4 is 10.6 Å². The van der Waals surface area contributed by atoms with Crippen molar-refractivity contribution in [2.24, 2.45) is 5.41 Å². The van der Waals surface area contributed by atoms with Crippen LogP contribution >= 0.6 is 23.2 Å². The maximum absolute atomic E-state index is 11.9. The van der Waals surface area contributed by atoms with E-state index in [1.165, 1.54) is 6.92 Å². The van der Waals surface area contributed by atoms with Crippen LogP contribution in [0.1, 0.15) is 20.3 Å². The monoisotopic (exact) mass is 358 g/mol. The van der Waals surface area contributed by atoms with Crippen molar-refractivity contribution in [3.05, 3.63) is 24.3 Å². The number of hydrogen-bond donors (Lipinski definition) is 2. The number of halogens is 2. The van der Waals surface area contributed by atoms with Crippen molar-refractivity contribution in [2.75, 3.05) is 17.2 Å². The number of anilines is 2. The molecule has 0 bridgehead atoms. The molecular formula is C15H16Cl2N2O4. The fourth-order valence-electron chi connectivity index (χ4n) is 1.99. The largest absolute Gasteiger partial charge is 0.455 e. The van der Waals surface area contributed by atoms with Crippen LogP contribution in [0.15, 0.2) is 24.3 Å². The number of esters is 1. The zero-order valence-electron chi connectivity index (χ0n) is 12.6. The minimum absolute atomic E-state index is 0.217. The summed E-state index contributed by atoms with van der Waals surface area (Å²) in [4.78, 5) is 34.7. The third-order valence-electron chi connectivity index (χ3n) is 3.51. The maximum Gasteiger partial charge on any atom is 0.315 e. The molecule has 0 radical (unpaired) electrons. The third kappa shape index (κ3) is 4.14. The van der Waals surface area contributed by atoms with Crippen molar-refractivity contribution in [3.63, 3.8) is 0 Å². The highest BCUT2D eigenvalue weighted by atomic mass is 35.5. The fourth-order valence-corrected chi connectivity index (χ4v) is 2.68. The SMILES string of the molecule is CC(=O)Nc1cccc(NC(=O)COC(=O)[C@@]2(C)CC2(Cl)Cl)c1. The molecule has 6 nitrogen and oxygen atoms in total. The van der Waals surface area contributed by atoms with Gasteiger partial charge < -0.3 is 15.4 Å². The van der Waals surface area contributed by atoms with Crippen LogP contribution in [-0.4, -0.2) is 28.7 Å². The van der Waals surface area contributed by atoms with Gasteiger partial charge in [-0.05, 0) is 25.1 Å². The summed E-state index contributed by atoms with van der Waals surface area (Å²) in [6.45, 7) is 2.53. The number of carbonyl (C=O) groups excluding carboxylic acids is 3. The number of nitrogens with one attached hydrogen (secondary N) is 2. The third-order valence-corrected chi connectivity index (χ3v) is 4.61. The highest BCUT2D eigenvalue weighted by molar-refractivity contribution is 6.53. The molecule has 1 aromatic rings. The standard InChI is InChI=1S/C15H16Cl2N2O4/c1-9(20)18-10-4-3-5-11(6-10)19-12(21)7-23-13(22)14(2)8-15(14,16)17/h3-6H,7-8H2,1-2H3,(H,18,20)(H,19,21)/t14-/m1/s1. The minimum Gasteiger partial charge on any atom is -0.455 e. The Balaban J connectivity index is 1.86. The van der Waals surface area contributed by atoms with Crippen LogP contribution in [0.3, 0.4) is 0 Å². The second-order valence-electron chi connectivity index (χ2n) is 5.60. The summed E-state index contributed by atoms with van der Waals surface area (Å²) in [6.07, 6.45) is 0.294. The number of alkyl halides is 2. The molecular weight excluding hydrogens is 343 g/mol. The number of amides is 2. The molecule has 0 aliphatic heterocycles. The first kappa shape index (κ1) is 17.6. The van der Waals surface area contributed by atoms with Crippen LogP contribution in [0.2, 0.25) is 0 Å². The Morgan fingerprint density at radius 2 is 1.78 bits per heavy atom. The molecule has 1 aliphatic carbocycles. The molecule has 2 amide bonds. The Kier molecular flexibility index (Phi) is 4.87. The highest BCUT2D eigenvalue weighted by Gasteiger charge is 2.69. The van der Waals surface area contributed by atoms with Crippen LogP contribution in [0.5, 0.6) is 0 Å². The summed E-state index contributed by atoms with van der Waals surface area (Å²) < 4.78 is 3.81. The van der Waals surface area contributed by atoms with E-state index in [1.54, 1.807) is 31.2 Å². The lowest BCUT2D eigenvalue weighted by Gasteiger charge is -2.12. The van der Waals surface area contributed by atoms with Crippen molar-refractivity contribution in [2.45, 2.75) is 24.6 Å². The van der Waals surface area contributed by atoms with E-state index in [-0.39, 0.29) is 5.91 Å². The van der Waals surface area contributed by atoms with E-state index in [4.69, 9.17) is 27.9 Å². The molecule has 0 spiro atoms. The fraction of sp³-hybridized carbons (Fsp3) is 0.400. The van der Waals surface area contributed by atoms with E-state index in [9.17, 15) is 14.4 Å². The van der Waals surface area contributed by atoms with Gasteiger partial charge in [-0.3, -0.25) is 14.4 Å². The number of rotatable bonds is 5. The minimum atomic E-state index is -1.13. The summed E-state index contributed by atoms with van der Waals surface area (Å²) in [5.41, 5.74) is 0.0488. The zero-order valence-corrected chi connectivity index (χ0v) is 14.1. The van der Waals surface area contributed by atoms with Crippen molar-refractivity contribution < 1.29 is 19.1 Å². The van der Waals surface area contributed by atoms with Crippen LogP contribution in [0, 0.1) is 5.41 Å². The highest BCUT2D eigenvalue weighted by Crippen LogP contribution is 2.64. The normalized spacial score (nSPS) is 21.2. The summed E-state index contributed by atoms with van der Waals surface area (Å²) in [5.74, 6) is -1.33. The number of carbonyl (C=O) groups is 3. The average Bonchev–Trinajstić information content (AvgIpc) is 2.96. The molecule has 1 aromatic carbocycles. The number of benzene rings is 1. The van der Waals surface area contributed by atoms with E-state index in [1.807, 2.05) is 0 Å². The Morgan fingerprint density at radius 1 is 1.22 bits per heavy atom. The van der Waals surface area contributed by atoms with Gasteiger partial charge in [-0.25, -0.2) is 0 Å². The van der Waals surface area contributed by atoms with E-state index >= 15 is 0 Å². The molecule has 1 atom stereocenters. The van der Waals surface area contributed by atoms with Gasteiger partial charge in [0, 0.05) is 24.7 Å². The smallest absolute Gasteiger partial charge is 0.315 e. The zero-order chi connectivity index (χ0) is 17.3. The van der Waals surface area contributed by atoms with Gasteiger partial charge >= 0.3 is 5.97 Å². The lowest BCUT2D eigenvalue weighted by atomic mass is 10.1. The van der Waals surface area contributed by atoms with Gasteiger partial charge in [0.2, 0.25) is 5.91 Å². The Hall–Kier alpha value is -1.79. The summed E-state index contributed by atoms with van der Waals surface area (Å²) in [6, 6.07) is 6.60. The summed E-state index contributed by atoms with van der Waals surface area (Å²) in [7, 11) is 0. The quantitative estimate of drug-likeness (QED) is 0.625. The van der Waals surface area contributed by atoms with Gasteiger partial charge in [-0.2, -0.15) is 0 Å². The van der Waals surface area contributed by atoms with Crippen LogP contribution in [0.25, 0.3) is 0 Å². The molecule has 0 heterocycles. The first-order chi connectivity index (χ1) is 10.6. The number of ether oxygens (including phenoxy) is 1. The number of hydrogen-bond acceptors (Lipinski definition) is 4. The molecule has 8 heteroatoms. The molecule has 2 rings (SSSR count). The van der Waals surface area contributed by atoms with E-state index < -0.39 is 28.2 Å². The first-order valence-corrected chi connectivity index (χ1v) is 7.62. The van der Waals surface area contributed by atoms with Gasteiger partial charge in [-0.1, -0.05) is 6.07 Å². The Bertz CT molecular complexity index is 663. The summed E-state index contributed by atoms with van der Waals surface area (Å²) >= 11 is 11.8. The second-order valence-corrected chi connectivity index (χ2v) is 7.08. The van der Waals surface area contributed by atoms with Crippen molar-refractivity contribution in [3.8, 4) is 0 Å². The predicted molar refractivity (Wildman–Crippen MR) is 87.5 cm³/mol. The maximum atomic E-state index is 11.9. The Morgan fingerprint density at radius 3 is 2.30 bits per heavy atom. The van der Waals surface area contributed by atoms with Crippen LogP contribution in [0.4, 0.5) is 11.4 Å². The molecule has 2 N–H and O–H groups in total. The van der Waals surface area contributed by atoms with Gasteiger partial charge in [-0.15, -0.1) is 23.2 Å². The van der Waals surface area contributed by atoms with Crippen molar-refractivity contribution >= 4 is 52.4 Å². The molecule has 0 unspecified atom stereocenters. The molecule has 1 saturated carbocycles. The van der Waals surface area contributed by atoms with Gasteiger partial charge in [0.25, 0.3) is 5.91 Å². The van der Waals surface area contributed by atoms with Crippen LogP contribution in [-0.2, 0) is 19.1 Å². The van der Waals surface area contributed by atoms with E-state index in [0.29, 0.717) is 17.8 Å². The first-order valence-electron chi connectivity index (χ1n) is 6.87. The predicted octanol–water partition coefficient (Wildman–Crippen LogP) is 2.71. The molecule has 0 saturated heterocycles. The van der Waals surface area contributed by atoms with Gasteiger partial charge in [0.1, 0.15) is 9.75 Å². The molecule has 23 heavy (non-hydrogen) atoms. The van der Waals surface area contributed by atoms with E-state index in [2.05, 4.69) is 10.6 Å². The van der Waals surface area contributed by atoms with Gasteiger partial charge in [0.15, 0.2) is 6.61 Å². The Labute approximate surface area is 143 Å². The summed E-state index contributed by atoms with van der Waals surface area (Å²) in [5, 5.41) is 5.17. The molecule has 124 valence electrons. The lowest BCUT2D eigenvalue weighted by Crippen LogP contribution is -2.26. The average molecular weight is 359 g/mol. The molecule has 1 aliphatic rings. The van der Waals surface area contributed by atoms with Gasteiger partial charge in [0.05, 0.1) is 0 Å². The second kappa shape index (κ2) is 6.37. The van der Waals surface area contributed by atoms with Crippen molar-refractivity contribution in [1.29, 1.82) is 0 Å². The molecule has 0 aromatic heterocycles. The van der Waals surface area contributed by atoms with E-state index in [0.717, 1.165) is 0 Å². The lowest BCUT2D eigenvalue weighted by molar-refractivity contribution is -0.152. The van der Waals surface area contributed by atoms with Crippen molar-refractivity contribution in [1.82, 2.24) is 0 Å². The topological polar surface area (TPSA) is 84.5 Å². The molecule has 1 fully saturated rings.